The Labute approximate surface area is 142 Å². The van der Waals surface area contributed by atoms with Gasteiger partial charge in [0.1, 0.15) is 11.5 Å². The van der Waals surface area contributed by atoms with Crippen LogP contribution in [0.15, 0.2) is 59.6 Å². The van der Waals surface area contributed by atoms with Gasteiger partial charge in [-0.15, -0.1) is 0 Å². The molecule has 0 aliphatic heterocycles. The third-order valence-electron chi connectivity index (χ3n) is 3.35. The van der Waals surface area contributed by atoms with Crippen LogP contribution in [0.2, 0.25) is 0 Å². The Kier molecular flexibility index (Phi) is 8.50. The molecule has 1 rings (SSSR count). The van der Waals surface area contributed by atoms with Crippen LogP contribution < -0.4 is 5.32 Å². The number of carbonyl (C=O) groups excluding carboxylic acids is 2. The van der Waals surface area contributed by atoms with E-state index >= 15 is 0 Å². The maximum Gasteiger partial charge on any atom is 0.227 e. The van der Waals surface area contributed by atoms with Crippen LogP contribution in [0.3, 0.4) is 0 Å². The van der Waals surface area contributed by atoms with Gasteiger partial charge in [-0.1, -0.05) is 55.0 Å². The molecule has 0 saturated heterocycles. The number of ketones is 1. The minimum atomic E-state index is -0.960. The third-order valence-corrected chi connectivity index (χ3v) is 3.35. The van der Waals surface area contributed by atoms with E-state index in [0.717, 1.165) is 12.0 Å². The van der Waals surface area contributed by atoms with E-state index in [9.17, 15) is 19.8 Å². The number of aliphatic hydroxyl groups excluding tert-OH is 2. The lowest BCUT2D eigenvalue weighted by Crippen LogP contribution is -2.29. The van der Waals surface area contributed by atoms with Crippen molar-refractivity contribution in [2.75, 3.05) is 0 Å². The Hall–Kier alpha value is -2.40. The Morgan fingerprint density at radius 3 is 2.67 bits per heavy atom. The smallest absolute Gasteiger partial charge is 0.227 e. The number of hydrogen-bond donors (Lipinski definition) is 3. The monoisotopic (exact) mass is 331 g/mol. The van der Waals surface area contributed by atoms with Crippen LogP contribution in [0.5, 0.6) is 0 Å². The van der Waals surface area contributed by atoms with Crippen molar-refractivity contribution in [2.45, 2.75) is 45.6 Å². The first-order chi connectivity index (χ1) is 11.4. The van der Waals surface area contributed by atoms with Crippen LogP contribution in [0.25, 0.3) is 0 Å². The molecule has 24 heavy (non-hydrogen) atoms. The van der Waals surface area contributed by atoms with Crippen molar-refractivity contribution < 1.29 is 19.8 Å². The summed E-state index contributed by atoms with van der Waals surface area (Å²) in [6.07, 6.45) is 13.2. The predicted octanol–water partition coefficient (Wildman–Crippen LogP) is 3.01. The first kappa shape index (κ1) is 19.6. The standard InChI is InChI=1S/C19H25NO4/c1-3-4-5-8-14(2)9-6-7-10-15(21)13-18(24)20-19-16(22)11-12-17(19)23/h4-10,15,21-22H,3,11-13H2,1-2H3,(H,20,24). The van der Waals surface area contributed by atoms with Gasteiger partial charge >= 0.3 is 0 Å². The van der Waals surface area contributed by atoms with Crippen LogP contribution in [0, 0.1) is 0 Å². The van der Waals surface area contributed by atoms with E-state index in [1.165, 1.54) is 6.08 Å². The van der Waals surface area contributed by atoms with Gasteiger partial charge in [0, 0.05) is 12.8 Å². The minimum absolute atomic E-state index is 0.0445. The molecule has 1 aliphatic carbocycles. The fourth-order valence-electron chi connectivity index (χ4n) is 2.04. The number of aliphatic hydroxyl groups is 2. The molecule has 0 radical (unpaired) electrons. The van der Waals surface area contributed by atoms with Crippen LogP contribution >= 0.6 is 0 Å². The summed E-state index contributed by atoms with van der Waals surface area (Å²) in [5.41, 5.74) is 1.02. The number of Topliss-reactive ketones (excluding diaryl/α,β-unsaturated/α-hetero) is 1. The number of rotatable bonds is 8. The lowest BCUT2D eigenvalue weighted by Gasteiger charge is -2.07. The molecular formula is C19H25NO4. The fraction of sp³-hybridized carbons (Fsp3) is 0.368. The molecule has 0 spiro atoms. The van der Waals surface area contributed by atoms with Gasteiger partial charge in [0.05, 0.1) is 12.5 Å². The Bertz CT molecular complexity index is 609. The molecule has 0 aromatic heterocycles. The average Bonchev–Trinajstić information content (AvgIpc) is 2.83. The zero-order chi connectivity index (χ0) is 17.9. The molecule has 5 nitrogen and oxygen atoms in total. The molecule has 0 aromatic carbocycles. The molecule has 0 aromatic rings. The number of allylic oxidation sites excluding steroid dienone is 9. The van der Waals surface area contributed by atoms with Crippen LogP contribution in [-0.2, 0) is 9.59 Å². The maximum absolute atomic E-state index is 11.8. The molecule has 130 valence electrons. The summed E-state index contributed by atoms with van der Waals surface area (Å²) >= 11 is 0. The van der Waals surface area contributed by atoms with Gasteiger partial charge in [0.2, 0.25) is 5.91 Å². The predicted molar refractivity (Wildman–Crippen MR) is 94.1 cm³/mol. The quantitative estimate of drug-likeness (QED) is 0.597. The van der Waals surface area contributed by atoms with Crippen molar-refractivity contribution >= 4 is 11.7 Å². The van der Waals surface area contributed by atoms with Crippen molar-refractivity contribution in [1.82, 2.24) is 5.32 Å². The molecule has 3 N–H and O–H groups in total. The molecule has 1 atom stereocenters. The highest BCUT2D eigenvalue weighted by Crippen LogP contribution is 2.18. The second-order valence-electron chi connectivity index (χ2n) is 5.56. The maximum atomic E-state index is 11.8. The van der Waals surface area contributed by atoms with Gasteiger partial charge in [-0.25, -0.2) is 0 Å². The highest BCUT2D eigenvalue weighted by atomic mass is 16.3. The van der Waals surface area contributed by atoms with Crippen LogP contribution in [0.4, 0.5) is 0 Å². The molecule has 0 bridgehead atoms. The normalized spacial score (nSPS) is 17.6. The summed E-state index contributed by atoms with van der Waals surface area (Å²) in [6.45, 7) is 4.03. The lowest BCUT2D eigenvalue weighted by molar-refractivity contribution is -0.124. The molecule has 5 heteroatoms. The van der Waals surface area contributed by atoms with Crippen molar-refractivity contribution in [2.24, 2.45) is 0 Å². The van der Waals surface area contributed by atoms with E-state index in [4.69, 9.17) is 0 Å². The van der Waals surface area contributed by atoms with Crippen LogP contribution in [0.1, 0.15) is 39.5 Å². The van der Waals surface area contributed by atoms with Crippen LogP contribution in [-0.4, -0.2) is 28.0 Å². The van der Waals surface area contributed by atoms with Crippen molar-refractivity contribution in [3.05, 3.63) is 59.6 Å². The van der Waals surface area contributed by atoms with Crippen molar-refractivity contribution in [1.29, 1.82) is 0 Å². The van der Waals surface area contributed by atoms with E-state index in [0.29, 0.717) is 0 Å². The third kappa shape index (κ3) is 7.24. The molecular weight excluding hydrogens is 306 g/mol. The number of carbonyl (C=O) groups is 2. The highest BCUT2D eigenvalue weighted by Gasteiger charge is 2.24. The van der Waals surface area contributed by atoms with Gasteiger partial charge in [-0.05, 0) is 13.3 Å². The Morgan fingerprint density at radius 1 is 1.29 bits per heavy atom. The van der Waals surface area contributed by atoms with E-state index < -0.39 is 12.0 Å². The zero-order valence-electron chi connectivity index (χ0n) is 14.2. The second kappa shape index (κ2) is 10.4. The molecule has 0 fully saturated rings. The first-order valence-electron chi connectivity index (χ1n) is 8.05. The van der Waals surface area contributed by atoms with E-state index in [2.05, 4.69) is 18.3 Å². The summed E-state index contributed by atoms with van der Waals surface area (Å²) in [4.78, 5) is 23.2. The molecule has 1 amide bonds. The highest BCUT2D eigenvalue weighted by molar-refractivity contribution is 6.01. The van der Waals surface area contributed by atoms with E-state index in [1.807, 2.05) is 25.2 Å². The van der Waals surface area contributed by atoms with Gasteiger partial charge in [0.25, 0.3) is 0 Å². The average molecular weight is 331 g/mol. The number of amides is 1. The number of hydrogen-bond acceptors (Lipinski definition) is 4. The zero-order valence-corrected chi connectivity index (χ0v) is 14.2. The fourth-order valence-corrected chi connectivity index (χ4v) is 2.04. The summed E-state index contributed by atoms with van der Waals surface area (Å²) in [5, 5.41) is 21.6. The minimum Gasteiger partial charge on any atom is -0.510 e. The SMILES string of the molecule is CCC=CC=C(C)C=CC=CC(O)CC(=O)NC1=C(O)CCC1=O. The summed E-state index contributed by atoms with van der Waals surface area (Å²) in [6, 6.07) is 0. The summed E-state index contributed by atoms with van der Waals surface area (Å²) in [7, 11) is 0. The Morgan fingerprint density at radius 2 is 2.04 bits per heavy atom. The Balaban J connectivity index is 2.42. The molecule has 0 heterocycles. The van der Waals surface area contributed by atoms with Gasteiger partial charge in [0.15, 0.2) is 5.78 Å². The van der Waals surface area contributed by atoms with Gasteiger partial charge < -0.3 is 15.5 Å². The molecule has 1 unspecified atom stereocenters. The lowest BCUT2D eigenvalue weighted by atomic mass is 10.2. The van der Waals surface area contributed by atoms with Crippen molar-refractivity contribution in [3.63, 3.8) is 0 Å². The first-order valence-corrected chi connectivity index (χ1v) is 8.05. The summed E-state index contributed by atoms with van der Waals surface area (Å²) < 4.78 is 0. The second-order valence-corrected chi connectivity index (χ2v) is 5.56. The van der Waals surface area contributed by atoms with Gasteiger partial charge in [-0.2, -0.15) is 0 Å². The van der Waals surface area contributed by atoms with E-state index in [-0.39, 0.29) is 36.5 Å². The van der Waals surface area contributed by atoms with Gasteiger partial charge in [-0.3, -0.25) is 9.59 Å². The number of nitrogens with one attached hydrogen (secondary N) is 1. The molecule has 0 saturated carbocycles. The van der Waals surface area contributed by atoms with Crippen molar-refractivity contribution in [3.8, 4) is 0 Å². The topological polar surface area (TPSA) is 86.6 Å². The molecule has 1 aliphatic rings. The summed E-state index contributed by atoms with van der Waals surface area (Å²) in [5.74, 6) is -0.886. The largest absolute Gasteiger partial charge is 0.510 e. The van der Waals surface area contributed by atoms with E-state index in [1.54, 1.807) is 12.2 Å².